The molecule has 3 aromatic rings. The number of halogens is 1. The van der Waals surface area contributed by atoms with Crippen LogP contribution in [0.3, 0.4) is 0 Å². The number of aromatic nitrogens is 5. The molecule has 0 atom stereocenters. The molecule has 0 spiro atoms. The molecule has 128 valence electrons. The summed E-state index contributed by atoms with van der Waals surface area (Å²) in [5, 5.41) is 13.1. The van der Waals surface area contributed by atoms with E-state index in [1.54, 1.807) is 12.3 Å². The van der Waals surface area contributed by atoms with Crippen LogP contribution in [0, 0.1) is 18.3 Å². The molecule has 0 radical (unpaired) electrons. The minimum Gasteiger partial charge on any atom is -0.462 e. The summed E-state index contributed by atoms with van der Waals surface area (Å²) in [6, 6.07) is 7.22. The number of ether oxygens (including phenoxy) is 1. The van der Waals surface area contributed by atoms with Gasteiger partial charge in [-0.1, -0.05) is 17.7 Å². The van der Waals surface area contributed by atoms with E-state index in [1.807, 2.05) is 23.6 Å². The molecule has 25 heavy (non-hydrogen) atoms. The first-order valence-electron chi connectivity index (χ1n) is 7.66. The molecular weight excluding hydrogens is 344 g/mol. The van der Waals surface area contributed by atoms with Crippen LogP contribution in [0.1, 0.15) is 24.1 Å². The molecule has 0 unspecified atom stereocenters. The summed E-state index contributed by atoms with van der Waals surface area (Å²) in [6.07, 6.45) is 2.64. The van der Waals surface area contributed by atoms with Crippen molar-refractivity contribution in [3.8, 4) is 12.1 Å². The van der Waals surface area contributed by atoms with Gasteiger partial charge in [-0.3, -0.25) is 4.79 Å². The largest absolute Gasteiger partial charge is 0.462 e. The second kappa shape index (κ2) is 7.32. The lowest BCUT2D eigenvalue weighted by molar-refractivity contribution is 0.288. The lowest BCUT2D eigenvalue weighted by Gasteiger charge is -2.11. The van der Waals surface area contributed by atoms with Crippen LogP contribution in [0.4, 0.5) is 0 Å². The van der Waals surface area contributed by atoms with Crippen molar-refractivity contribution in [1.29, 1.82) is 5.26 Å². The third kappa shape index (κ3) is 3.78. The second-order valence-corrected chi connectivity index (χ2v) is 5.80. The maximum atomic E-state index is 12.2. The molecule has 3 rings (SSSR count). The molecule has 3 heterocycles. The van der Waals surface area contributed by atoms with Crippen LogP contribution < -0.4 is 10.3 Å². The summed E-state index contributed by atoms with van der Waals surface area (Å²) in [4.78, 5) is 20.5. The van der Waals surface area contributed by atoms with Crippen LogP contribution in [-0.2, 0) is 6.54 Å². The maximum Gasteiger partial charge on any atom is 0.337 e. The molecular formula is C16H15ClN6O2. The van der Waals surface area contributed by atoms with Gasteiger partial charge in [0.25, 0.3) is 5.56 Å². The topological polar surface area (TPSA) is 98.1 Å². The van der Waals surface area contributed by atoms with Gasteiger partial charge in [-0.25, -0.2) is 4.98 Å². The van der Waals surface area contributed by atoms with Gasteiger partial charge in [0.2, 0.25) is 5.78 Å². The zero-order valence-corrected chi connectivity index (χ0v) is 14.3. The van der Waals surface area contributed by atoms with Gasteiger partial charge in [-0.2, -0.15) is 14.8 Å². The fourth-order valence-corrected chi connectivity index (χ4v) is 2.45. The molecule has 0 saturated carbocycles. The zero-order valence-electron chi connectivity index (χ0n) is 13.5. The third-order valence-electron chi connectivity index (χ3n) is 3.57. The number of hydrogen-bond acceptors (Lipinski definition) is 6. The Balaban J connectivity index is 1.94. The number of pyridine rings is 1. The van der Waals surface area contributed by atoms with E-state index in [9.17, 15) is 4.79 Å². The molecule has 9 heteroatoms. The van der Waals surface area contributed by atoms with Crippen LogP contribution in [0.2, 0.25) is 5.15 Å². The molecule has 0 aromatic carbocycles. The SMILES string of the molecule is Cc1cc(=O)n2nc(OCCCC#N)nc2n1Cc1ccc(Cl)nc1. The normalized spacial score (nSPS) is 10.8. The smallest absolute Gasteiger partial charge is 0.337 e. The Morgan fingerprint density at radius 2 is 2.24 bits per heavy atom. The number of rotatable bonds is 6. The van der Waals surface area contributed by atoms with Crippen molar-refractivity contribution < 1.29 is 4.74 Å². The summed E-state index contributed by atoms with van der Waals surface area (Å²) in [6.45, 7) is 2.61. The minimum absolute atomic E-state index is 0.114. The quantitative estimate of drug-likeness (QED) is 0.493. The summed E-state index contributed by atoms with van der Waals surface area (Å²) in [5.41, 5.74) is 1.38. The number of fused-ring (bicyclic) bond motifs is 1. The van der Waals surface area contributed by atoms with Crippen molar-refractivity contribution in [1.82, 2.24) is 24.1 Å². The first-order chi connectivity index (χ1) is 12.1. The van der Waals surface area contributed by atoms with Gasteiger partial charge in [0, 0.05) is 24.4 Å². The van der Waals surface area contributed by atoms with Crippen LogP contribution >= 0.6 is 11.6 Å². The average molecular weight is 359 g/mol. The number of nitrogens with zero attached hydrogens (tertiary/aromatic N) is 6. The highest BCUT2D eigenvalue weighted by Gasteiger charge is 2.13. The van der Waals surface area contributed by atoms with Gasteiger partial charge >= 0.3 is 6.01 Å². The standard InChI is InChI=1S/C16H15ClN6O2/c1-11-8-14(24)23-16(20-15(21-23)25-7-3-2-6-18)22(11)10-12-4-5-13(17)19-9-12/h4-5,8-9H,2-3,7,10H2,1H3. The third-order valence-corrected chi connectivity index (χ3v) is 3.80. The summed E-state index contributed by atoms with van der Waals surface area (Å²) < 4.78 is 8.49. The highest BCUT2D eigenvalue weighted by molar-refractivity contribution is 6.29. The van der Waals surface area contributed by atoms with Crippen LogP contribution in [0.25, 0.3) is 5.78 Å². The molecule has 0 bridgehead atoms. The van der Waals surface area contributed by atoms with Gasteiger partial charge in [-0.15, -0.1) is 5.10 Å². The summed E-state index contributed by atoms with van der Waals surface area (Å²) in [5.74, 6) is 0.384. The van der Waals surface area contributed by atoms with Crippen LogP contribution in [0.15, 0.2) is 29.2 Å². The number of unbranched alkanes of at least 4 members (excludes halogenated alkanes) is 1. The van der Waals surface area contributed by atoms with E-state index in [0.717, 1.165) is 11.3 Å². The van der Waals surface area contributed by atoms with E-state index < -0.39 is 0 Å². The molecule has 0 saturated heterocycles. The Labute approximate surface area is 148 Å². The monoisotopic (exact) mass is 358 g/mol. The number of nitriles is 1. The van der Waals surface area contributed by atoms with Crippen molar-refractivity contribution in [3.63, 3.8) is 0 Å². The Morgan fingerprint density at radius 1 is 1.40 bits per heavy atom. The van der Waals surface area contributed by atoms with Crippen LogP contribution in [-0.4, -0.2) is 30.8 Å². The lowest BCUT2D eigenvalue weighted by Crippen LogP contribution is -2.20. The molecule has 0 fully saturated rings. The van der Waals surface area contributed by atoms with Gasteiger partial charge in [0.05, 0.1) is 19.2 Å². The number of hydrogen-bond donors (Lipinski definition) is 0. The Kier molecular flexibility index (Phi) is 4.95. The van der Waals surface area contributed by atoms with Crippen LogP contribution in [0.5, 0.6) is 6.01 Å². The van der Waals surface area contributed by atoms with E-state index in [0.29, 0.717) is 36.9 Å². The molecule has 0 amide bonds. The zero-order chi connectivity index (χ0) is 17.8. The fourth-order valence-electron chi connectivity index (χ4n) is 2.34. The van der Waals surface area contributed by atoms with E-state index in [2.05, 4.69) is 15.1 Å². The van der Waals surface area contributed by atoms with Gasteiger partial charge in [-0.05, 0) is 25.0 Å². The molecule has 0 N–H and O–H groups in total. The van der Waals surface area contributed by atoms with Crippen molar-refractivity contribution in [2.24, 2.45) is 0 Å². The number of aryl methyl sites for hydroxylation is 1. The second-order valence-electron chi connectivity index (χ2n) is 5.42. The van der Waals surface area contributed by atoms with Crippen molar-refractivity contribution >= 4 is 17.4 Å². The Morgan fingerprint density at radius 3 is 2.96 bits per heavy atom. The summed E-state index contributed by atoms with van der Waals surface area (Å²) >= 11 is 5.81. The first kappa shape index (κ1) is 16.9. The molecule has 3 aromatic heterocycles. The predicted molar refractivity (Wildman–Crippen MR) is 90.7 cm³/mol. The Bertz CT molecular complexity index is 987. The molecule has 0 aliphatic carbocycles. The lowest BCUT2D eigenvalue weighted by atomic mass is 10.3. The fraction of sp³-hybridized carbons (Fsp3) is 0.312. The minimum atomic E-state index is -0.280. The van der Waals surface area contributed by atoms with Gasteiger partial charge in [0.1, 0.15) is 5.15 Å². The summed E-state index contributed by atoms with van der Waals surface area (Å²) in [7, 11) is 0. The van der Waals surface area contributed by atoms with E-state index >= 15 is 0 Å². The highest BCUT2D eigenvalue weighted by Crippen LogP contribution is 2.13. The maximum absolute atomic E-state index is 12.2. The van der Waals surface area contributed by atoms with Crippen molar-refractivity contribution in [2.45, 2.75) is 26.3 Å². The first-order valence-corrected chi connectivity index (χ1v) is 8.03. The van der Waals surface area contributed by atoms with Gasteiger partial charge < -0.3 is 9.30 Å². The molecule has 0 aliphatic heterocycles. The van der Waals surface area contributed by atoms with E-state index in [4.69, 9.17) is 21.6 Å². The molecule has 8 nitrogen and oxygen atoms in total. The average Bonchev–Trinajstić information content (AvgIpc) is 3.02. The van der Waals surface area contributed by atoms with E-state index in [-0.39, 0.29) is 11.6 Å². The highest BCUT2D eigenvalue weighted by atomic mass is 35.5. The van der Waals surface area contributed by atoms with Crippen molar-refractivity contribution in [3.05, 3.63) is 51.2 Å². The van der Waals surface area contributed by atoms with E-state index in [1.165, 1.54) is 10.6 Å². The van der Waals surface area contributed by atoms with Crippen molar-refractivity contribution in [2.75, 3.05) is 6.61 Å². The molecule has 0 aliphatic rings. The van der Waals surface area contributed by atoms with Gasteiger partial charge in [0.15, 0.2) is 0 Å². The Hall–Kier alpha value is -2.92. The predicted octanol–water partition coefficient (Wildman–Crippen LogP) is 1.98.